The van der Waals surface area contributed by atoms with Gasteiger partial charge in [-0.3, -0.25) is 0 Å². The number of hydrogen-bond acceptors (Lipinski definition) is 2. The van der Waals surface area contributed by atoms with Gasteiger partial charge >= 0.3 is 6.18 Å². The average molecular weight is 294 g/mol. The topological polar surface area (TPSA) is 26.0 Å². The predicted molar refractivity (Wildman–Crippen MR) is 69.0 cm³/mol. The van der Waals surface area contributed by atoms with E-state index in [1.54, 1.807) is 6.07 Å². The predicted octanol–water partition coefficient (Wildman–Crippen LogP) is 4.24. The van der Waals surface area contributed by atoms with Crippen LogP contribution in [0, 0.1) is 0 Å². The van der Waals surface area contributed by atoms with Crippen LogP contribution in [0.4, 0.5) is 13.2 Å². The molecular weight excluding hydrogens is 283 g/mol. The monoisotopic (exact) mass is 293 g/mol. The Morgan fingerprint density at radius 3 is 2.39 bits per heavy atom. The van der Waals surface area contributed by atoms with Crippen LogP contribution in [0.2, 0.25) is 0 Å². The molecule has 0 amide bonds. The summed E-state index contributed by atoms with van der Waals surface area (Å²) in [7, 11) is 0. The fourth-order valence-corrected chi connectivity index (χ4v) is 2.30. The van der Waals surface area contributed by atoms with E-state index in [0.717, 1.165) is 17.0 Å². The maximum Gasteiger partial charge on any atom is 0.416 e. The molecule has 98 valence electrons. The molecule has 6 heteroatoms. The summed E-state index contributed by atoms with van der Waals surface area (Å²) >= 11 is 1.43. The first-order chi connectivity index (χ1) is 7.98. The van der Waals surface area contributed by atoms with E-state index in [1.807, 2.05) is 17.5 Å². The number of rotatable bonds is 2. The fourth-order valence-electron chi connectivity index (χ4n) is 1.54. The van der Waals surface area contributed by atoms with Gasteiger partial charge in [0.25, 0.3) is 0 Å². The molecule has 0 aliphatic heterocycles. The molecule has 2 aromatic rings. The maximum absolute atomic E-state index is 12.5. The highest BCUT2D eigenvalue weighted by atomic mass is 35.5. The molecule has 2 rings (SSSR count). The molecule has 0 aliphatic carbocycles. The lowest BCUT2D eigenvalue weighted by atomic mass is 10.0. The van der Waals surface area contributed by atoms with Crippen molar-refractivity contribution in [2.45, 2.75) is 12.2 Å². The van der Waals surface area contributed by atoms with Crippen molar-refractivity contribution in [1.82, 2.24) is 0 Å². The molecule has 1 atom stereocenters. The highest BCUT2D eigenvalue weighted by Gasteiger charge is 2.30. The van der Waals surface area contributed by atoms with Crippen LogP contribution in [0.5, 0.6) is 0 Å². The third-order valence-electron chi connectivity index (χ3n) is 2.42. The number of hydrogen-bond donors (Lipinski definition) is 1. The zero-order chi connectivity index (χ0) is 12.5. The molecule has 0 bridgehead atoms. The standard InChI is InChI=1S/C12H10F3NS.ClH/c13-12(14,15)9-4-1-3-8(7-9)11(16)10-5-2-6-17-10;/h1-7,11H,16H2;1H/t11-;/m1./s1. The summed E-state index contributed by atoms with van der Waals surface area (Å²) in [6.07, 6.45) is -4.33. The lowest BCUT2D eigenvalue weighted by molar-refractivity contribution is -0.137. The quantitative estimate of drug-likeness (QED) is 0.881. The van der Waals surface area contributed by atoms with Crippen molar-refractivity contribution in [2.24, 2.45) is 5.73 Å². The van der Waals surface area contributed by atoms with Crippen molar-refractivity contribution in [3.8, 4) is 0 Å². The second-order valence-electron chi connectivity index (χ2n) is 3.62. The first-order valence-corrected chi connectivity index (χ1v) is 5.82. The van der Waals surface area contributed by atoms with Crippen LogP contribution < -0.4 is 5.73 Å². The highest BCUT2D eigenvalue weighted by Crippen LogP contribution is 2.32. The Morgan fingerprint density at radius 1 is 1.11 bits per heavy atom. The Morgan fingerprint density at radius 2 is 1.83 bits per heavy atom. The number of halogens is 4. The van der Waals surface area contributed by atoms with Gasteiger partial charge in [0.2, 0.25) is 0 Å². The van der Waals surface area contributed by atoms with E-state index >= 15 is 0 Å². The Balaban J connectivity index is 0.00000162. The zero-order valence-electron chi connectivity index (χ0n) is 9.15. The summed E-state index contributed by atoms with van der Waals surface area (Å²) in [5, 5.41) is 1.85. The largest absolute Gasteiger partial charge is 0.416 e. The van der Waals surface area contributed by atoms with Gasteiger partial charge < -0.3 is 5.73 Å². The molecule has 0 aliphatic rings. The molecule has 0 saturated carbocycles. The van der Waals surface area contributed by atoms with Crippen LogP contribution in [0.15, 0.2) is 41.8 Å². The van der Waals surface area contributed by atoms with E-state index in [1.165, 1.54) is 17.4 Å². The number of benzene rings is 1. The number of thiophene rings is 1. The summed E-state index contributed by atoms with van der Waals surface area (Å²) in [6.45, 7) is 0. The van der Waals surface area contributed by atoms with E-state index < -0.39 is 17.8 Å². The van der Waals surface area contributed by atoms with Crippen LogP contribution in [-0.2, 0) is 6.18 Å². The summed E-state index contributed by atoms with van der Waals surface area (Å²) in [5.41, 5.74) is 5.73. The summed E-state index contributed by atoms with van der Waals surface area (Å²) in [5.74, 6) is 0. The van der Waals surface area contributed by atoms with Crippen molar-refractivity contribution in [1.29, 1.82) is 0 Å². The molecule has 0 spiro atoms. The average Bonchev–Trinajstić information content (AvgIpc) is 2.80. The van der Waals surface area contributed by atoms with Gasteiger partial charge in [0.05, 0.1) is 11.6 Å². The first kappa shape index (κ1) is 15.0. The maximum atomic E-state index is 12.5. The third kappa shape index (κ3) is 3.25. The van der Waals surface area contributed by atoms with Crippen molar-refractivity contribution >= 4 is 23.7 Å². The van der Waals surface area contributed by atoms with E-state index in [9.17, 15) is 13.2 Å². The SMILES string of the molecule is Cl.N[C@H](c1cccc(C(F)(F)F)c1)c1cccs1. The van der Waals surface area contributed by atoms with Gasteiger partial charge in [-0.2, -0.15) is 13.2 Å². The highest BCUT2D eigenvalue weighted by molar-refractivity contribution is 7.10. The second-order valence-corrected chi connectivity index (χ2v) is 4.60. The van der Waals surface area contributed by atoms with Gasteiger partial charge in [-0.05, 0) is 29.1 Å². The summed E-state index contributed by atoms with van der Waals surface area (Å²) < 4.78 is 37.6. The third-order valence-corrected chi connectivity index (χ3v) is 3.38. The van der Waals surface area contributed by atoms with Crippen molar-refractivity contribution in [3.63, 3.8) is 0 Å². The van der Waals surface area contributed by atoms with E-state index in [0.29, 0.717) is 5.56 Å². The molecule has 0 saturated heterocycles. The van der Waals surface area contributed by atoms with Gasteiger partial charge in [-0.15, -0.1) is 23.7 Å². The van der Waals surface area contributed by atoms with Crippen molar-refractivity contribution in [3.05, 3.63) is 57.8 Å². The molecule has 0 radical (unpaired) electrons. The van der Waals surface area contributed by atoms with Gasteiger partial charge in [-0.1, -0.05) is 18.2 Å². The van der Waals surface area contributed by atoms with Crippen molar-refractivity contribution < 1.29 is 13.2 Å². The summed E-state index contributed by atoms with van der Waals surface area (Å²) in [4.78, 5) is 0.851. The fraction of sp³-hybridized carbons (Fsp3) is 0.167. The van der Waals surface area contributed by atoms with Gasteiger partial charge in [-0.25, -0.2) is 0 Å². The minimum absolute atomic E-state index is 0. The zero-order valence-corrected chi connectivity index (χ0v) is 10.8. The smallest absolute Gasteiger partial charge is 0.320 e. The molecule has 1 aromatic heterocycles. The van der Waals surface area contributed by atoms with Crippen LogP contribution in [0.25, 0.3) is 0 Å². The molecule has 0 unspecified atom stereocenters. The Kier molecular flexibility index (Phi) is 4.78. The van der Waals surface area contributed by atoms with Crippen LogP contribution in [-0.4, -0.2) is 0 Å². The molecule has 1 nitrogen and oxygen atoms in total. The summed E-state index contributed by atoms with van der Waals surface area (Å²) in [6, 6.07) is 8.28. The molecule has 1 heterocycles. The molecule has 0 fully saturated rings. The normalized spacial score (nSPS) is 12.9. The molecule has 2 N–H and O–H groups in total. The minimum atomic E-state index is -4.33. The van der Waals surface area contributed by atoms with Crippen LogP contribution >= 0.6 is 23.7 Å². The number of alkyl halides is 3. The lowest BCUT2D eigenvalue weighted by Crippen LogP contribution is -2.12. The molecular formula is C12H11ClF3NS. The van der Waals surface area contributed by atoms with E-state index in [2.05, 4.69) is 0 Å². The molecule has 1 aromatic carbocycles. The van der Waals surface area contributed by atoms with Gasteiger partial charge in [0.15, 0.2) is 0 Å². The number of nitrogens with two attached hydrogens (primary N) is 1. The van der Waals surface area contributed by atoms with Gasteiger partial charge in [0, 0.05) is 4.88 Å². The Hall–Kier alpha value is -1.04. The van der Waals surface area contributed by atoms with Gasteiger partial charge in [0.1, 0.15) is 0 Å². The first-order valence-electron chi connectivity index (χ1n) is 4.94. The van der Waals surface area contributed by atoms with Crippen LogP contribution in [0.1, 0.15) is 22.0 Å². The van der Waals surface area contributed by atoms with Crippen molar-refractivity contribution in [2.75, 3.05) is 0 Å². The minimum Gasteiger partial charge on any atom is -0.320 e. The van der Waals surface area contributed by atoms with Crippen LogP contribution in [0.3, 0.4) is 0 Å². The Labute approximate surface area is 113 Å². The van der Waals surface area contributed by atoms with E-state index in [4.69, 9.17) is 5.73 Å². The van der Waals surface area contributed by atoms with E-state index in [-0.39, 0.29) is 12.4 Å². The second kappa shape index (κ2) is 5.73. The lowest BCUT2D eigenvalue weighted by Gasteiger charge is -2.13. The Bertz CT molecular complexity index is 496. The molecule has 18 heavy (non-hydrogen) atoms.